The number of alkyl halides is 1. The molecule has 1 aromatic heterocycles. The van der Waals surface area contributed by atoms with E-state index in [1.54, 1.807) is 18.5 Å². The van der Waals surface area contributed by atoms with Gasteiger partial charge in [-0.05, 0) is 59.7 Å². The number of methoxy groups -OCH3 is 1. The zero-order valence-corrected chi connectivity index (χ0v) is 24.6. The zero-order chi connectivity index (χ0) is 29.7. The molecule has 1 heterocycles. The first-order chi connectivity index (χ1) is 20.5. The third-order valence-electron chi connectivity index (χ3n) is 6.90. The van der Waals surface area contributed by atoms with Crippen molar-refractivity contribution in [2.75, 3.05) is 12.0 Å². The Balaban J connectivity index is 1.42. The van der Waals surface area contributed by atoms with Crippen LogP contribution in [0.25, 0.3) is 0 Å². The largest absolute Gasteiger partial charge is 0.467 e. The predicted molar refractivity (Wildman–Crippen MR) is 167 cm³/mol. The first kappa shape index (κ1) is 30.5. The van der Waals surface area contributed by atoms with Crippen LogP contribution in [0, 0.1) is 0 Å². The molecule has 1 N–H and O–H groups in total. The molecule has 4 rings (SSSR count). The van der Waals surface area contributed by atoms with E-state index in [0.717, 1.165) is 27.9 Å². The topological polar surface area (TPSA) is 84.4 Å². The second-order valence-corrected chi connectivity index (χ2v) is 9.95. The summed E-state index contributed by atoms with van der Waals surface area (Å²) in [4.78, 5) is 36.7. The Morgan fingerprint density at radius 3 is 2.29 bits per heavy atom. The summed E-state index contributed by atoms with van der Waals surface area (Å²) in [7, 11) is 1.32. The zero-order valence-electron chi connectivity index (χ0n) is 23.9. The highest BCUT2D eigenvalue weighted by atomic mass is 35.5. The van der Waals surface area contributed by atoms with Gasteiger partial charge in [0.2, 0.25) is 5.95 Å². The van der Waals surface area contributed by atoms with Gasteiger partial charge in [0.25, 0.3) is 5.91 Å². The van der Waals surface area contributed by atoms with E-state index in [-0.39, 0.29) is 11.8 Å². The molecule has 0 spiro atoms. The summed E-state index contributed by atoms with van der Waals surface area (Å²) >= 11 is 6.09. The fourth-order valence-corrected chi connectivity index (χ4v) is 4.90. The van der Waals surface area contributed by atoms with Crippen LogP contribution in [-0.4, -0.2) is 35.0 Å². The Morgan fingerprint density at radius 2 is 1.62 bits per heavy atom. The maximum atomic E-state index is 13.2. The average Bonchev–Trinajstić information content (AvgIpc) is 3.05. The van der Waals surface area contributed by atoms with E-state index in [0.29, 0.717) is 37.3 Å². The van der Waals surface area contributed by atoms with Crippen molar-refractivity contribution in [3.05, 3.63) is 131 Å². The Hall–Kier alpha value is -4.49. The summed E-state index contributed by atoms with van der Waals surface area (Å²) in [5.41, 5.74) is 5.38. The third-order valence-corrected chi connectivity index (χ3v) is 7.19. The van der Waals surface area contributed by atoms with Gasteiger partial charge in [-0.2, -0.15) is 0 Å². The van der Waals surface area contributed by atoms with Gasteiger partial charge in [0, 0.05) is 29.5 Å². The van der Waals surface area contributed by atoms with Gasteiger partial charge in [-0.1, -0.05) is 79.7 Å². The van der Waals surface area contributed by atoms with Crippen LogP contribution >= 0.6 is 11.6 Å². The number of carbonyl (C=O) groups is 2. The first-order valence-electron chi connectivity index (χ1n) is 13.9. The van der Waals surface area contributed by atoms with Crippen molar-refractivity contribution in [2.45, 2.75) is 44.7 Å². The summed E-state index contributed by atoms with van der Waals surface area (Å²) in [5, 5.41) is 2.85. The van der Waals surface area contributed by atoms with Crippen LogP contribution in [0.3, 0.4) is 0 Å². The van der Waals surface area contributed by atoms with Crippen LogP contribution in [0.2, 0.25) is 0 Å². The van der Waals surface area contributed by atoms with Crippen LogP contribution in [-0.2, 0) is 34.8 Å². The van der Waals surface area contributed by atoms with Crippen molar-refractivity contribution in [3.8, 4) is 0 Å². The molecule has 3 aromatic carbocycles. The van der Waals surface area contributed by atoms with Crippen LogP contribution in [0.1, 0.15) is 46.0 Å². The lowest BCUT2D eigenvalue weighted by Gasteiger charge is -2.23. The van der Waals surface area contributed by atoms with Crippen LogP contribution in [0.5, 0.6) is 0 Å². The van der Waals surface area contributed by atoms with Gasteiger partial charge in [-0.15, -0.1) is 11.6 Å². The number of halogens is 1. The molecule has 0 saturated carbocycles. The average molecular weight is 583 g/mol. The van der Waals surface area contributed by atoms with Crippen LogP contribution < -0.4 is 10.2 Å². The van der Waals surface area contributed by atoms with Gasteiger partial charge in [0.05, 0.1) is 13.7 Å². The molecule has 0 aliphatic rings. The maximum Gasteiger partial charge on any atom is 0.328 e. The number of nitrogens with one attached hydrogen (secondary N) is 1. The van der Waals surface area contributed by atoms with E-state index in [1.807, 2.05) is 55.5 Å². The fraction of sp³-hybridized carbons (Fsp3) is 0.235. The van der Waals surface area contributed by atoms with E-state index in [9.17, 15) is 9.59 Å². The summed E-state index contributed by atoms with van der Waals surface area (Å²) in [6.07, 6.45) is 9.00. The SMILES string of the molecule is CCc1cccc(CCl)c1C(=O)NC(CC=CCc1ccc(N(Cc2ccccc2)c2ncccn2)cc1)C(=O)OC. The van der Waals surface area contributed by atoms with Crippen molar-refractivity contribution < 1.29 is 14.3 Å². The van der Waals surface area contributed by atoms with Crippen molar-refractivity contribution in [3.63, 3.8) is 0 Å². The number of benzene rings is 3. The van der Waals surface area contributed by atoms with E-state index in [2.05, 4.69) is 56.6 Å². The number of rotatable bonds is 13. The quantitative estimate of drug-likeness (QED) is 0.109. The second-order valence-electron chi connectivity index (χ2n) is 9.69. The van der Waals surface area contributed by atoms with Crippen molar-refractivity contribution in [2.24, 2.45) is 0 Å². The predicted octanol–water partition coefficient (Wildman–Crippen LogP) is 6.58. The molecule has 4 aromatic rings. The second kappa shape index (κ2) is 15.5. The van der Waals surface area contributed by atoms with Gasteiger partial charge in [-0.3, -0.25) is 4.79 Å². The molecular weight excluding hydrogens is 548 g/mol. The molecule has 7 nitrogen and oxygen atoms in total. The van der Waals surface area contributed by atoms with E-state index >= 15 is 0 Å². The Labute approximate surface area is 252 Å². The lowest BCUT2D eigenvalue weighted by Crippen LogP contribution is -2.41. The molecule has 216 valence electrons. The highest BCUT2D eigenvalue weighted by Gasteiger charge is 2.23. The van der Waals surface area contributed by atoms with E-state index < -0.39 is 12.0 Å². The monoisotopic (exact) mass is 582 g/mol. The fourth-order valence-electron chi connectivity index (χ4n) is 4.68. The Morgan fingerprint density at radius 1 is 0.905 bits per heavy atom. The molecule has 0 saturated heterocycles. The number of aryl methyl sites for hydroxylation is 1. The van der Waals surface area contributed by atoms with Crippen molar-refractivity contribution in [1.29, 1.82) is 0 Å². The first-order valence-corrected chi connectivity index (χ1v) is 14.4. The highest BCUT2D eigenvalue weighted by molar-refractivity contribution is 6.18. The van der Waals surface area contributed by atoms with Gasteiger partial charge >= 0.3 is 5.97 Å². The maximum absolute atomic E-state index is 13.2. The molecule has 0 radical (unpaired) electrons. The summed E-state index contributed by atoms with van der Waals surface area (Å²) < 4.78 is 4.96. The van der Waals surface area contributed by atoms with Crippen LogP contribution in [0.15, 0.2) is 103 Å². The number of allylic oxidation sites excluding steroid dienone is 1. The summed E-state index contributed by atoms with van der Waals surface area (Å²) in [5.74, 6) is 0.00978. The number of nitrogens with zero attached hydrogens (tertiary/aromatic N) is 3. The van der Waals surface area contributed by atoms with E-state index in [4.69, 9.17) is 16.3 Å². The lowest BCUT2D eigenvalue weighted by molar-refractivity contribution is -0.142. The Kier molecular flexibility index (Phi) is 11.2. The van der Waals surface area contributed by atoms with Crippen molar-refractivity contribution in [1.82, 2.24) is 15.3 Å². The Bertz CT molecular complexity index is 1460. The molecule has 0 bridgehead atoms. The van der Waals surface area contributed by atoms with Crippen molar-refractivity contribution >= 4 is 35.1 Å². The van der Waals surface area contributed by atoms with Gasteiger partial charge in [0.1, 0.15) is 6.04 Å². The minimum absolute atomic E-state index is 0.209. The molecular formula is C34H35ClN4O3. The normalized spacial score (nSPS) is 11.7. The minimum atomic E-state index is -0.813. The van der Waals surface area contributed by atoms with Gasteiger partial charge < -0.3 is 15.0 Å². The number of hydrogen-bond acceptors (Lipinski definition) is 6. The summed E-state index contributed by atoms with van der Waals surface area (Å²) in [6, 6.07) is 25.0. The molecule has 42 heavy (non-hydrogen) atoms. The number of carbonyl (C=O) groups excluding carboxylic acids is 2. The molecule has 0 fully saturated rings. The van der Waals surface area contributed by atoms with Gasteiger partial charge in [-0.25, -0.2) is 14.8 Å². The minimum Gasteiger partial charge on any atom is -0.467 e. The molecule has 1 atom stereocenters. The molecule has 1 amide bonds. The lowest BCUT2D eigenvalue weighted by atomic mass is 9.98. The smallest absolute Gasteiger partial charge is 0.328 e. The molecule has 0 aliphatic heterocycles. The third kappa shape index (κ3) is 8.04. The standard InChI is InChI=1S/C34H35ClN4O3/c1-3-27-14-9-15-28(23-35)31(27)32(40)38-30(33(41)42-2)16-8-7-11-25-17-19-29(20-18-25)39(34-36-21-10-22-37-34)24-26-12-5-4-6-13-26/h4-10,12-15,17-22,30H,3,11,16,23-24H2,1-2H3,(H,38,40). The number of esters is 1. The number of ether oxygens (including phenoxy) is 1. The number of aromatic nitrogens is 2. The number of anilines is 2. The van der Waals surface area contributed by atoms with E-state index in [1.165, 1.54) is 7.11 Å². The molecule has 8 heteroatoms. The number of amides is 1. The molecule has 0 aliphatic carbocycles. The number of hydrogen-bond donors (Lipinski definition) is 1. The summed E-state index contributed by atoms with van der Waals surface area (Å²) in [6.45, 7) is 2.62. The highest BCUT2D eigenvalue weighted by Crippen LogP contribution is 2.25. The van der Waals surface area contributed by atoms with Crippen LogP contribution in [0.4, 0.5) is 11.6 Å². The molecule has 1 unspecified atom stereocenters. The van der Waals surface area contributed by atoms with Gasteiger partial charge in [0.15, 0.2) is 0 Å².